The largest absolute Gasteiger partial charge is 0.495 e. The van der Waals surface area contributed by atoms with E-state index in [4.69, 9.17) is 16.3 Å². The fourth-order valence-electron chi connectivity index (χ4n) is 3.19. The Hall–Kier alpha value is -2.64. The van der Waals surface area contributed by atoms with E-state index in [9.17, 15) is 14.0 Å². The first-order valence-corrected chi connectivity index (χ1v) is 9.65. The molecule has 0 saturated carbocycles. The second-order valence-corrected chi connectivity index (χ2v) is 7.34. The predicted octanol–water partition coefficient (Wildman–Crippen LogP) is 3.06. The van der Waals surface area contributed by atoms with Crippen molar-refractivity contribution in [3.05, 3.63) is 58.4 Å². The van der Waals surface area contributed by atoms with Crippen LogP contribution in [0.5, 0.6) is 5.75 Å². The molecule has 1 aliphatic rings. The third kappa shape index (κ3) is 5.05. The van der Waals surface area contributed by atoms with Crippen molar-refractivity contribution >= 4 is 29.1 Å². The fraction of sp³-hybridized carbons (Fsp3) is 0.333. The summed E-state index contributed by atoms with van der Waals surface area (Å²) in [6, 6.07) is 9.15. The number of halogens is 2. The molecule has 1 fully saturated rings. The summed E-state index contributed by atoms with van der Waals surface area (Å²) in [7, 11) is 3.49. The summed E-state index contributed by atoms with van der Waals surface area (Å²) in [5.74, 6) is -0.695. The van der Waals surface area contributed by atoms with Gasteiger partial charge in [0.15, 0.2) is 0 Å². The van der Waals surface area contributed by atoms with Crippen LogP contribution in [-0.2, 0) is 11.2 Å². The molecule has 0 spiro atoms. The number of anilines is 1. The molecule has 154 valence electrons. The maximum Gasteiger partial charge on any atom is 0.254 e. The predicted molar refractivity (Wildman–Crippen MR) is 110 cm³/mol. The quantitative estimate of drug-likeness (QED) is 0.809. The van der Waals surface area contributed by atoms with E-state index in [1.165, 1.54) is 25.3 Å². The Morgan fingerprint density at radius 1 is 1.17 bits per heavy atom. The highest BCUT2D eigenvalue weighted by Gasteiger charge is 2.22. The lowest BCUT2D eigenvalue weighted by Crippen LogP contribution is -2.47. The minimum atomic E-state index is -0.543. The van der Waals surface area contributed by atoms with Gasteiger partial charge in [-0.05, 0) is 37.4 Å². The van der Waals surface area contributed by atoms with Gasteiger partial charge in [0, 0.05) is 42.3 Å². The first kappa shape index (κ1) is 21.1. The molecule has 0 aromatic heterocycles. The van der Waals surface area contributed by atoms with Gasteiger partial charge in [0.05, 0.1) is 19.2 Å². The highest BCUT2D eigenvalue weighted by molar-refractivity contribution is 6.31. The number of amides is 2. The SMILES string of the molecule is COc1ccc(C(=O)N2CCN(C)CC2)cc1NC(=O)Cc1c(F)cccc1Cl. The summed E-state index contributed by atoms with van der Waals surface area (Å²) in [4.78, 5) is 29.2. The van der Waals surface area contributed by atoms with Crippen LogP contribution in [0.25, 0.3) is 0 Å². The maximum atomic E-state index is 14.0. The Bertz CT molecular complexity index is 894. The minimum Gasteiger partial charge on any atom is -0.495 e. The zero-order valence-corrected chi connectivity index (χ0v) is 17.1. The molecule has 1 heterocycles. The van der Waals surface area contributed by atoms with Crippen molar-refractivity contribution < 1.29 is 18.7 Å². The molecule has 2 aromatic carbocycles. The summed E-state index contributed by atoms with van der Waals surface area (Å²) >= 11 is 6.00. The van der Waals surface area contributed by atoms with Crippen LogP contribution in [0.2, 0.25) is 5.02 Å². The number of hydrogen-bond donors (Lipinski definition) is 1. The van der Waals surface area contributed by atoms with Crippen molar-refractivity contribution in [1.82, 2.24) is 9.80 Å². The molecular formula is C21H23ClFN3O3. The van der Waals surface area contributed by atoms with Crippen molar-refractivity contribution in [1.29, 1.82) is 0 Å². The lowest BCUT2D eigenvalue weighted by molar-refractivity contribution is -0.115. The van der Waals surface area contributed by atoms with Gasteiger partial charge in [-0.3, -0.25) is 9.59 Å². The molecule has 1 N–H and O–H groups in total. The van der Waals surface area contributed by atoms with Crippen molar-refractivity contribution in [2.75, 3.05) is 45.7 Å². The van der Waals surface area contributed by atoms with Crippen LogP contribution in [0.4, 0.5) is 10.1 Å². The summed E-state index contributed by atoms with van der Waals surface area (Å²) in [6.45, 7) is 2.92. The van der Waals surface area contributed by atoms with E-state index in [0.717, 1.165) is 13.1 Å². The molecule has 8 heteroatoms. The first-order chi connectivity index (χ1) is 13.9. The number of benzene rings is 2. The molecule has 0 aliphatic carbocycles. The second-order valence-electron chi connectivity index (χ2n) is 6.94. The summed E-state index contributed by atoms with van der Waals surface area (Å²) in [6.07, 6.45) is -0.231. The van der Waals surface area contributed by atoms with Crippen LogP contribution >= 0.6 is 11.6 Å². The maximum absolute atomic E-state index is 14.0. The molecule has 0 bridgehead atoms. The van der Waals surface area contributed by atoms with Gasteiger partial charge in [-0.2, -0.15) is 0 Å². The van der Waals surface area contributed by atoms with Gasteiger partial charge in [0.2, 0.25) is 5.91 Å². The van der Waals surface area contributed by atoms with Crippen LogP contribution in [0, 0.1) is 5.82 Å². The third-order valence-corrected chi connectivity index (χ3v) is 5.26. The monoisotopic (exact) mass is 419 g/mol. The van der Waals surface area contributed by atoms with E-state index in [-0.39, 0.29) is 22.9 Å². The van der Waals surface area contributed by atoms with Crippen LogP contribution in [0.1, 0.15) is 15.9 Å². The highest BCUT2D eigenvalue weighted by atomic mass is 35.5. The molecule has 1 aliphatic heterocycles. The number of carbonyl (C=O) groups is 2. The number of nitrogens with zero attached hydrogens (tertiary/aromatic N) is 2. The Kier molecular flexibility index (Phi) is 6.71. The Labute approximate surface area is 174 Å². The molecule has 29 heavy (non-hydrogen) atoms. The van der Waals surface area contributed by atoms with Crippen molar-refractivity contribution in [2.24, 2.45) is 0 Å². The molecule has 2 amide bonds. The highest BCUT2D eigenvalue weighted by Crippen LogP contribution is 2.27. The molecule has 0 atom stereocenters. The standard InChI is InChI=1S/C21H23ClFN3O3/c1-25-8-10-26(11-9-25)21(28)14-6-7-19(29-2)18(12-14)24-20(27)13-15-16(22)4-3-5-17(15)23/h3-7,12H,8-11,13H2,1-2H3,(H,24,27). The van der Waals surface area contributed by atoms with Crippen LogP contribution in [-0.4, -0.2) is 62.0 Å². The normalized spacial score (nSPS) is 14.6. The van der Waals surface area contributed by atoms with Crippen molar-refractivity contribution in [3.8, 4) is 5.75 Å². The van der Waals surface area contributed by atoms with Gasteiger partial charge in [-0.1, -0.05) is 17.7 Å². The van der Waals surface area contributed by atoms with Gasteiger partial charge >= 0.3 is 0 Å². The van der Waals surface area contributed by atoms with Crippen LogP contribution in [0.15, 0.2) is 36.4 Å². The molecule has 0 radical (unpaired) electrons. The fourth-order valence-corrected chi connectivity index (χ4v) is 3.42. The van der Waals surface area contributed by atoms with Crippen molar-refractivity contribution in [3.63, 3.8) is 0 Å². The lowest BCUT2D eigenvalue weighted by atomic mass is 10.1. The second kappa shape index (κ2) is 9.24. The number of piperazine rings is 1. The summed E-state index contributed by atoms with van der Waals surface area (Å²) < 4.78 is 19.2. The number of nitrogens with one attached hydrogen (secondary N) is 1. The number of rotatable bonds is 5. The zero-order chi connectivity index (χ0) is 21.0. The average Bonchev–Trinajstić information content (AvgIpc) is 2.71. The van der Waals surface area contributed by atoms with Gasteiger partial charge in [0.25, 0.3) is 5.91 Å². The lowest BCUT2D eigenvalue weighted by Gasteiger charge is -2.32. The van der Waals surface area contributed by atoms with Gasteiger partial charge < -0.3 is 19.9 Å². The number of ether oxygens (including phenoxy) is 1. The molecule has 3 rings (SSSR count). The molecule has 2 aromatic rings. The Balaban J connectivity index is 1.76. The molecule has 6 nitrogen and oxygen atoms in total. The Morgan fingerprint density at radius 2 is 1.90 bits per heavy atom. The van der Waals surface area contributed by atoms with E-state index < -0.39 is 11.7 Å². The molecule has 0 unspecified atom stereocenters. The van der Waals surface area contributed by atoms with E-state index in [1.54, 1.807) is 23.1 Å². The molecular weight excluding hydrogens is 397 g/mol. The molecule has 1 saturated heterocycles. The van der Waals surface area contributed by atoms with Gasteiger partial charge in [0.1, 0.15) is 11.6 Å². The number of likely N-dealkylation sites (N-methyl/N-ethyl adjacent to an activating group) is 1. The number of carbonyl (C=O) groups excluding carboxylic acids is 2. The van der Waals surface area contributed by atoms with Crippen molar-refractivity contribution in [2.45, 2.75) is 6.42 Å². The van der Waals surface area contributed by atoms with Crippen LogP contribution in [0.3, 0.4) is 0 Å². The number of hydrogen-bond acceptors (Lipinski definition) is 4. The number of methoxy groups -OCH3 is 1. The van der Waals surface area contributed by atoms with E-state index >= 15 is 0 Å². The van der Waals surface area contributed by atoms with Gasteiger partial charge in [-0.25, -0.2) is 4.39 Å². The Morgan fingerprint density at radius 3 is 2.55 bits per heavy atom. The smallest absolute Gasteiger partial charge is 0.254 e. The van der Waals surface area contributed by atoms with Gasteiger partial charge in [-0.15, -0.1) is 0 Å². The first-order valence-electron chi connectivity index (χ1n) is 9.27. The van der Waals surface area contributed by atoms with Crippen LogP contribution < -0.4 is 10.1 Å². The van der Waals surface area contributed by atoms with E-state index in [1.807, 2.05) is 7.05 Å². The summed E-state index contributed by atoms with van der Waals surface area (Å²) in [5.41, 5.74) is 0.926. The minimum absolute atomic E-state index is 0.103. The average molecular weight is 420 g/mol. The summed E-state index contributed by atoms with van der Waals surface area (Å²) in [5, 5.41) is 2.89. The topological polar surface area (TPSA) is 61.9 Å². The van der Waals surface area contributed by atoms with E-state index in [0.29, 0.717) is 30.1 Å². The van der Waals surface area contributed by atoms with E-state index in [2.05, 4.69) is 10.2 Å². The zero-order valence-electron chi connectivity index (χ0n) is 16.4. The third-order valence-electron chi connectivity index (χ3n) is 4.91.